The molecule has 5 heteroatoms. The molecule has 166 valence electrons. The van der Waals surface area contributed by atoms with Crippen molar-refractivity contribution in [1.82, 2.24) is 0 Å². The van der Waals surface area contributed by atoms with Crippen LogP contribution >= 0.6 is 0 Å². The van der Waals surface area contributed by atoms with Crippen LogP contribution in [0.25, 0.3) is 0 Å². The van der Waals surface area contributed by atoms with Gasteiger partial charge in [0, 0.05) is 11.6 Å². The van der Waals surface area contributed by atoms with Crippen LogP contribution in [0.4, 0.5) is 4.39 Å². The summed E-state index contributed by atoms with van der Waals surface area (Å²) in [5.41, 5.74) is -0.00805. The molecule has 0 radical (unpaired) electrons. The van der Waals surface area contributed by atoms with E-state index < -0.39 is 35.5 Å². The summed E-state index contributed by atoms with van der Waals surface area (Å²) in [5.74, 6) is -1.07. The zero-order chi connectivity index (χ0) is 22.9. The Balaban J connectivity index is 3.38. The van der Waals surface area contributed by atoms with Crippen molar-refractivity contribution in [2.24, 2.45) is 5.41 Å². The number of allylic oxidation sites excluding steroid dienone is 7. The fraction of sp³-hybridized carbons (Fsp3) is 0.520. The second-order valence-corrected chi connectivity index (χ2v) is 8.90. The van der Waals surface area contributed by atoms with Crippen LogP contribution in [0.15, 0.2) is 59.3 Å². The third kappa shape index (κ3) is 8.62. The minimum atomic E-state index is -1.64. The first-order chi connectivity index (χ1) is 13.9. The number of rotatable bonds is 6. The maximum absolute atomic E-state index is 13.5. The monoisotopic (exact) mass is 418 g/mol. The lowest BCUT2D eigenvalue weighted by Gasteiger charge is -2.29. The van der Waals surface area contributed by atoms with Crippen molar-refractivity contribution in [3.63, 3.8) is 0 Å². The number of carbonyl (C=O) groups excluding carboxylic acids is 2. The van der Waals surface area contributed by atoms with E-state index in [4.69, 9.17) is 4.74 Å². The molecule has 0 bridgehead atoms. The van der Waals surface area contributed by atoms with E-state index in [2.05, 4.69) is 6.08 Å². The molecule has 0 saturated heterocycles. The Kier molecular flexibility index (Phi) is 9.63. The summed E-state index contributed by atoms with van der Waals surface area (Å²) in [6, 6.07) is 0. The maximum atomic E-state index is 13.5. The summed E-state index contributed by atoms with van der Waals surface area (Å²) in [6.45, 7) is 10.2. The van der Waals surface area contributed by atoms with Gasteiger partial charge in [-0.3, -0.25) is 4.79 Å². The largest absolute Gasteiger partial charge is 0.452 e. The number of halogens is 1. The van der Waals surface area contributed by atoms with Gasteiger partial charge in [-0.25, -0.2) is 9.18 Å². The van der Waals surface area contributed by atoms with Gasteiger partial charge in [-0.1, -0.05) is 36.3 Å². The van der Waals surface area contributed by atoms with Crippen molar-refractivity contribution in [3.8, 4) is 0 Å². The van der Waals surface area contributed by atoms with E-state index in [1.54, 1.807) is 26.0 Å². The lowest BCUT2D eigenvalue weighted by Crippen LogP contribution is -2.39. The zero-order valence-corrected chi connectivity index (χ0v) is 19.0. The molecule has 0 aromatic carbocycles. The highest BCUT2D eigenvalue weighted by Crippen LogP contribution is 2.33. The molecule has 1 aliphatic carbocycles. The first kappa shape index (κ1) is 25.8. The molecule has 0 aromatic rings. The maximum Gasteiger partial charge on any atom is 0.331 e. The molecule has 0 unspecified atom stereocenters. The Labute approximate surface area is 179 Å². The second-order valence-electron chi connectivity index (χ2n) is 8.90. The smallest absolute Gasteiger partial charge is 0.331 e. The predicted molar refractivity (Wildman–Crippen MR) is 119 cm³/mol. The van der Waals surface area contributed by atoms with E-state index in [0.29, 0.717) is 6.42 Å². The Morgan fingerprint density at radius 3 is 2.47 bits per heavy atom. The van der Waals surface area contributed by atoms with Gasteiger partial charge < -0.3 is 9.84 Å². The lowest BCUT2D eigenvalue weighted by atomic mass is 9.80. The molecule has 0 aromatic heterocycles. The summed E-state index contributed by atoms with van der Waals surface area (Å²) < 4.78 is 19.0. The summed E-state index contributed by atoms with van der Waals surface area (Å²) in [5, 5.41) is 10.9. The average molecular weight is 419 g/mol. The van der Waals surface area contributed by atoms with Crippen LogP contribution in [0, 0.1) is 5.41 Å². The highest BCUT2D eigenvalue weighted by Gasteiger charge is 2.32. The van der Waals surface area contributed by atoms with Crippen molar-refractivity contribution in [3.05, 3.63) is 59.3 Å². The van der Waals surface area contributed by atoms with Crippen molar-refractivity contribution < 1.29 is 23.8 Å². The van der Waals surface area contributed by atoms with E-state index in [-0.39, 0.29) is 5.57 Å². The number of ketones is 1. The van der Waals surface area contributed by atoms with Gasteiger partial charge in [0.1, 0.15) is 12.3 Å². The summed E-state index contributed by atoms with van der Waals surface area (Å²) in [7, 11) is 0. The normalized spacial score (nSPS) is 29.8. The molecule has 30 heavy (non-hydrogen) atoms. The highest BCUT2D eigenvalue weighted by molar-refractivity contribution is 6.04. The van der Waals surface area contributed by atoms with Crippen molar-refractivity contribution in [1.29, 1.82) is 0 Å². The number of alkyl halides is 1. The number of hydrogen-bond acceptors (Lipinski definition) is 4. The second kappa shape index (κ2) is 11.2. The van der Waals surface area contributed by atoms with E-state index >= 15 is 0 Å². The molecule has 0 heterocycles. The van der Waals surface area contributed by atoms with Crippen LogP contribution in [0.1, 0.15) is 60.8 Å². The van der Waals surface area contributed by atoms with E-state index in [0.717, 1.165) is 24.5 Å². The van der Waals surface area contributed by atoms with Gasteiger partial charge in [-0.05, 0) is 77.5 Å². The van der Waals surface area contributed by atoms with E-state index in [1.165, 1.54) is 24.6 Å². The molecular weight excluding hydrogens is 383 g/mol. The Morgan fingerprint density at radius 1 is 1.23 bits per heavy atom. The van der Waals surface area contributed by atoms with Gasteiger partial charge in [-0.2, -0.15) is 0 Å². The van der Waals surface area contributed by atoms with Crippen LogP contribution in [0.2, 0.25) is 0 Å². The predicted octanol–water partition coefficient (Wildman–Crippen LogP) is 5.35. The van der Waals surface area contributed by atoms with Gasteiger partial charge in [0.05, 0.1) is 0 Å². The molecule has 0 saturated carbocycles. The quantitative estimate of drug-likeness (QED) is 0.359. The molecule has 1 aliphatic rings. The Bertz CT molecular complexity index is 775. The van der Waals surface area contributed by atoms with Gasteiger partial charge in [0.15, 0.2) is 11.9 Å². The van der Waals surface area contributed by atoms with Crippen LogP contribution in [0.5, 0.6) is 0 Å². The molecule has 1 N–H and O–H groups in total. The number of ether oxygens (including phenoxy) is 1. The fourth-order valence-corrected chi connectivity index (χ4v) is 3.04. The first-order valence-corrected chi connectivity index (χ1v) is 10.3. The van der Waals surface area contributed by atoms with Gasteiger partial charge in [0.2, 0.25) is 0 Å². The van der Waals surface area contributed by atoms with Gasteiger partial charge in [-0.15, -0.1) is 0 Å². The van der Waals surface area contributed by atoms with Crippen molar-refractivity contribution >= 4 is 11.8 Å². The number of hydrogen-bond donors (Lipinski definition) is 1. The molecule has 4 nitrogen and oxygen atoms in total. The minimum absolute atomic E-state index is 0.0591. The number of esters is 1. The number of carbonyl (C=O) groups is 2. The Hall–Kier alpha value is -2.27. The Morgan fingerprint density at radius 2 is 1.90 bits per heavy atom. The van der Waals surface area contributed by atoms with Crippen LogP contribution in [-0.2, 0) is 14.3 Å². The van der Waals surface area contributed by atoms with Crippen molar-refractivity contribution in [2.45, 2.75) is 72.5 Å². The summed E-state index contributed by atoms with van der Waals surface area (Å²) >= 11 is 0. The van der Waals surface area contributed by atoms with E-state index in [9.17, 15) is 19.1 Å². The SMILES string of the molecule is CC(C)=CCC[C@]1(C)C=C[C@@H](OC(=O)C=C(C)C)[C@](C)(O)/C=C/C(=O)/C(CF)=C\C1. The fourth-order valence-electron chi connectivity index (χ4n) is 3.04. The summed E-state index contributed by atoms with van der Waals surface area (Å²) in [4.78, 5) is 24.6. The molecular formula is C25H35FO4. The summed E-state index contributed by atoms with van der Waals surface area (Å²) in [6.07, 6.45) is 12.1. The molecule has 1 rings (SSSR count). The van der Waals surface area contributed by atoms with Crippen molar-refractivity contribution in [2.75, 3.05) is 6.67 Å². The van der Waals surface area contributed by atoms with Crippen LogP contribution in [-0.4, -0.2) is 35.2 Å². The number of aliphatic hydroxyl groups is 1. The van der Waals surface area contributed by atoms with Gasteiger partial charge in [0.25, 0.3) is 0 Å². The first-order valence-electron chi connectivity index (χ1n) is 10.3. The molecule has 0 amide bonds. The lowest BCUT2D eigenvalue weighted by molar-refractivity contribution is -0.148. The van der Waals surface area contributed by atoms with Crippen LogP contribution < -0.4 is 0 Å². The standard InChI is InChI=1S/C25H35FO4/c1-18(2)8-7-12-24(5)13-9-20(17-26)21(27)10-15-25(6,29)22(11-14-24)30-23(28)16-19(3)4/h8-11,14-16,22,29H,7,12-13,17H2,1-6H3/b14-11?,15-10+,20-9-/t22-,24+,25-/m1/s1. The topological polar surface area (TPSA) is 63.6 Å². The molecule has 0 fully saturated rings. The molecule has 0 spiro atoms. The third-order valence-electron chi connectivity index (χ3n) is 5.01. The zero-order valence-electron chi connectivity index (χ0n) is 19.0. The average Bonchev–Trinajstić information content (AvgIpc) is 2.63. The molecule has 0 aliphatic heterocycles. The van der Waals surface area contributed by atoms with E-state index in [1.807, 2.05) is 26.8 Å². The van der Waals surface area contributed by atoms with Crippen LogP contribution in [0.3, 0.4) is 0 Å². The van der Waals surface area contributed by atoms with Gasteiger partial charge >= 0.3 is 5.97 Å². The molecule has 3 atom stereocenters. The highest BCUT2D eigenvalue weighted by atomic mass is 19.1. The third-order valence-corrected chi connectivity index (χ3v) is 5.01. The minimum Gasteiger partial charge on any atom is -0.452 e.